The van der Waals surface area contributed by atoms with Crippen molar-refractivity contribution in [3.63, 3.8) is 0 Å². The van der Waals surface area contributed by atoms with Gasteiger partial charge in [-0.3, -0.25) is 4.79 Å². The molecule has 4 heteroatoms. The number of nitrogens with one attached hydrogen (secondary N) is 1. The third-order valence-electron chi connectivity index (χ3n) is 1.08. The molecular formula is C6H8N2O2. The molecule has 0 aliphatic carbocycles. The summed E-state index contributed by atoms with van der Waals surface area (Å²) in [7, 11) is 1.54. The van der Waals surface area contributed by atoms with Crippen LogP contribution in [0.1, 0.15) is 16.2 Å². The van der Waals surface area contributed by atoms with Crippen molar-refractivity contribution in [3.8, 4) is 0 Å². The summed E-state index contributed by atoms with van der Waals surface area (Å²) in [5, 5.41) is 5.97. The van der Waals surface area contributed by atoms with Crippen LogP contribution in [0.25, 0.3) is 0 Å². The van der Waals surface area contributed by atoms with Crippen molar-refractivity contribution in [3.05, 3.63) is 17.5 Å². The van der Waals surface area contributed by atoms with Gasteiger partial charge in [-0.25, -0.2) is 0 Å². The molecule has 0 atom stereocenters. The number of carbonyl (C=O) groups is 1. The standard InChI is InChI=1S/C6H8N2O2/c1-4-3-5(10-8-4)6(9)7-2/h3H,1-2H3,(H,7,9). The van der Waals surface area contributed by atoms with E-state index in [2.05, 4.69) is 15.0 Å². The first-order valence-electron chi connectivity index (χ1n) is 2.89. The van der Waals surface area contributed by atoms with E-state index in [1.54, 1.807) is 20.0 Å². The van der Waals surface area contributed by atoms with Crippen molar-refractivity contribution in [2.75, 3.05) is 7.05 Å². The van der Waals surface area contributed by atoms with Crippen LogP contribution >= 0.6 is 0 Å². The fourth-order valence-electron chi connectivity index (χ4n) is 0.594. The number of carbonyl (C=O) groups excluding carboxylic acids is 1. The highest BCUT2D eigenvalue weighted by molar-refractivity contribution is 5.91. The maximum absolute atomic E-state index is 10.8. The number of amides is 1. The summed E-state index contributed by atoms with van der Waals surface area (Å²) >= 11 is 0. The molecule has 0 aliphatic heterocycles. The molecule has 54 valence electrons. The molecule has 1 heterocycles. The van der Waals surface area contributed by atoms with E-state index >= 15 is 0 Å². The molecule has 0 saturated carbocycles. The summed E-state index contributed by atoms with van der Waals surface area (Å²) < 4.78 is 4.65. The largest absolute Gasteiger partial charge is 0.352 e. The minimum atomic E-state index is -0.249. The quantitative estimate of drug-likeness (QED) is 0.612. The minimum absolute atomic E-state index is 0.249. The van der Waals surface area contributed by atoms with Crippen LogP contribution in [0.15, 0.2) is 10.6 Å². The van der Waals surface area contributed by atoms with E-state index in [0.717, 1.165) is 0 Å². The molecule has 4 nitrogen and oxygen atoms in total. The Morgan fingerprint density at radius 1 is 1.80 bits per heavy atom. The van der Waals surface area contributed by atoms with Gasteiger partial charge in [0.05, 0.1) is 5.69 Å². The topological polar surface area (TPSA) is 55.1 Å². The summed E-state index contributed by atoms with van der Waals surface area (Å²) in [5.41, 5.74) is 0.707. The van der Waals surface area contributed by atoms with Gasteiger partial charge in [-0.05, 0) is 6.92 Å². The van der Waals surface area contributed by atoms with Crippen LogP contribution in [0.4, 0.5) is 0 Å². The zero-order valence-corrected chi connectivity index (χ0v) is 5.84. The van der Waals surface area contributed by atoms with Crippen LogP contribution in [-0.4, -0.2) is 18.1 Å². The minimum Gasteiger partial charge on any atom is -0.352 e. The molecule has 1 N–H and O–H groups in total. The Morgan fingerprint density at radius 2 is 2.50 bits per heavy atom. The molecule has 0 bridgehead atoms. The van der Waals surface area contributed by atoms with E-state index in [-0.39, 0.29) is 11.7 Å². The van der Waals surface area contributed by atoms with Crippen molar-refractivity contribution < 1.29 is 9.32 Å². The van der Waals surface area contributed by atoms with E-state index in [0.29, 0.717) is 5.69 Å². The highest BCUT2D eigenvalue weighted by Crippen LogP contribution is 2.00. The van der Waals surface area contributed by atoms with Gasteiger partial charge in [0.2, 0.25) is 5.76 Å². The Morgan fingerprint density at radius 3 is 2.90 bits per heavy atom. The Balaban J connectivity index is 2.85. The first kappa shape index (κ1) is 6.80. The summed E-state index contributed by atoms with van der Waals surface area (Å²) in [5.74, 6) is 0.000556. The van der Waals surface area contributed by atoms with E-state index in [1.165, 1.54) is 0 Å². The third kappa shape index (κ3) is 1.15. The monoisotopic (exact) mass is 140 g/mol. The van der Waals surface area contributed by atoms with Gasteiger partial charge in [0.15, 0.2) is 0 Å². The van der Waals surface area contributed by atoms with Gasteiger partial charge >= 0.3 is 0 Å². The van der Waals surface area contributed by atoms with Gasteiger partial charge in [-0.1, -0.05) is 5.16 Å². The maximum atomic E-state index is 10.8. The predicted octanol–water partition coefficient (Wildman–Crippen LogP) is 0.343. The summed E-state index contributed by atoms with van der Waals surface area (Å²) in [6.45, 7) is 1.76. The number of hydrogen-bond donors (Lipinski definition) is 1. The molecule has 0 saturated heterocycles. The van der Waals surface area contributed by atoms with Crippen molar-refractivity contribution in [2.24, 2.45) is 0 Å². The lowest BCUT2D eigenvalue weighted by Gasteiger charge is -1.88. The number of nitrogens with zero attached hydrogens (tertiary/aromatic N) is 1. The van der Waals surface area contributed by atoms with Crippen LogP contribution in [-0.2, 0) is 0 Å². The van der Waals surface area contributed by atoms with Gasteiger partial charge in [0, 0.05) is 13.1 Å². The second kappa shape index (κ2) is 2.51. The van der Waals surface area contributed by atoms with Crippen LogP contribution in [0.3, 0.4) is 0 Å². The van der Waals surface area contributed by atoms with Crippen molar-refractivity contribution in [1.82, 2.24) is 10.5 Å². The predicted molar refractivity (Wildman–Crippen MR) is 34.6 cm³/mol. The number of aromatic nitrogens is 1. The lowest BCUT2D eigenvalue weighted by atomic mass is 10.4. The van der Waals surface area contributed by atoms with Gasteiger partial charge in [-0.2, -0.15) is 0 Å². The first-order valence-corrected chi connectivity index (χ1v) is 2.89. The van der Waals surface area contributed by atoms with Crippen LogP contribution < -0.4 is 5.32 Å². The van der Waals surface area contributed by atoms with Gasteiger partial charge in [0.25, 0.3) is 5.91 Å². The molecule has 0 fully saturated rings. The van der Waals surface area contributed by atoms with Gasteiger partial charge in [-0.15, -0.1) is 0 Å². The molecule has 0 spiro atoms. The fourth-order valence-corrected chi connectivity index (χ4v) is 0.594. The lowest BCUT2D eigenvalue weighted by Crippen LogP contribution is -2.16. The normalized spacial score (nSPS) is 9.40. The molecule has 0 unspecified atom stereocenters. The van der Waals surface area contributed by atoms with E-state index in [4.69, 9.17) is 0 Å². The summed E-state index contributed by atoms with van der Waals surface area (Å²) in [6, 6.07) is 1.58. The highest BCUT2D eigenvalue weighted by atomic mass is 16.5. The van der Waals surface area contributed by atoms with E-state index in [1.807, 2.05) is 0 Å². The maximum Gasteiger partial charge on any atom is 0.289 e. The second-order valence-corrected chi connectivity index (χ2v) is 1.91. The first-order chi connectivity index (χ1) is 4.74. The molecule has 1 aromatic rings. The summed E-state index contributed by atoms with van der Waals surface area (Å²) in [4.78, 5) is 10.8. The lowest BCUT2D eigenvalue weighted by molar-refractivity contribution is 0.0926. The highest BCUT2D eigenvalue weighted by Gasteiger charge is 2.07. The molecule has 1 amide bonds. The molecule has 1 rings (SSSR count). The molecule has 0 radical (unpaired) electrons. The molecule has 0 aromatic carbocycles. The average Bonchev–Trinajstić information content (AvgIpc) is 2.34. The Hall–Kier alpha value is -1.32. The van der Waals surface area contributed by atoms with Crippen LogP contribution in [0.2, 0.25) is 0 Å². The Bertz CT molecular complexity index is 242. The molecule has 0 aliphatic rings. The zero-order chi connectivity index (χ0) is 7.56. The van der Waals surface area contributed by atoms with E-state index in [9.17, 15) is 4.79 Å². The van der Waals surface area contributed by atoms with Gasteiger partial charge < -0.3 is 9.84 Å². The SMILES string of the molecule is CNC(=O)c1cc(C)no1. The second-order valence-electron chi connectivity index (χ2n) is 1.91. The van der Waals surface area contributed by atoms with Crippen molar-refractivity contribution >= 4 is 5.91 Å². The number of rotatable bonds is 1. The smallest absolute Gasteiger partial charge is 0.289 e. The van der Waals surface area contributed by atoms with E-state index < -0.39 is 0 Å². The zero-order valence-electron chi connectivity index (χ0n) is 5.84. The fraction of sp³-hybridized carbons (Fsp3) is 0.333. The number of hydrogen-bond acceptors (Lipinski definition) is 3. The number of aryl methyl sites for hydroxylation is 1. The molecule has 10 heavy (non-hydrogen) atoms. The Kier molecular flexibility index (Phi) is 1.71. The van der Waals surface area contributed by atoms with Crippen LogP contribution in [0.5, 0.6) is 0 Å². The summed E-state index contributed by atoms with van der Waals surface area (Å²) in [6.07, 6.45) is 0. The molecule has 1 aromatic heterocycles. The average molecular weight is 140 g/mol. The van der Waals surface area contributed by atoms with Gasteiger partial charge in [0.1, 0.15) is 0 Å². The van der Waals surface area contributed by atoms with Crippen molar-refractivity contribution in [2.45, 2.75) is 6.92 Å². The van der Waals surface area contributed by atoms with Crippen LogP contribution in [0, 0.1) is 6.92 Å². The van der Waals surface area contributed by atoms with Crippen molar-refractivity contribution in [1.29, 1.82) is 0 Å². The molecular weight excluding hydrogens is 132 g/mol. The Labute approximate surface area is 58.2 Å². The third-order valence-corrected chi connectivity index (χ3v) is 1.08.